The van der Waals surface area contributed by atoms with Gasteiger partial charge >= 0.3 is 0 Å². The second kappa shape index (κ2) is 7.12. The predicted octanol–water partition coefficient (Wildman–Crippen LogP) is 3.58. The van der Waals surface area contributed by atoms with Crippen LogP contribution in [-0.4, -0.2) is 54.7 Å². The van der Waals surface area contributed by atoms with Gasteiger partial charge in [0.25, 0.3) is 0 Å². The molecule has 3 aromatic rings. The van der Waals surface area contributed by atoms with Crippen LogP contribution in [-0.2, 0) is 17.8 Å². The Bertz CT molecular complexity index is 927. The van der Waals surface area contributed by atoms with Gasteiger partial charge in [-0.3, -0.25) is 4.90 Å². The summed E-state index contributed by atoms with van der Waals surface area (Å²) >= 11 is 0. The molecular weight excluding hydrogens is 334 g/mol. The zero-order valence-corrected chi connectivity index (χ0v) is 15.9. The number of aromatic amines is 1. The lowest BCUT2D eigenvalue weighted by Crippen LogP contribution is -2.35. The molecule has 140 valence electrons. The SMILES string of the molecule is CN1Cc2c(ccc3c(CN4CCOCC4)c[nH]c23)C(c2ccccc2)C1. The molecule has 1 fully saturated rings. The van der Waals surface area contributed by atoms with Gasteiger partial charge in [-0.05, 0) is 29.3 Å². The molecule has 2 aliphatic heterocycles. The van der Waals surface area contributed by atoms with E-state index in [2.05, 4.69) is 70.5 Å². The number of likely N-dealkylation sites (N-methyl/N-ethyl adjacent to an activating group) is 1. The minimum absolute atomic E-state index is 0.440. The first kappa shape index (κ1) is 17.0. The first-order chi connectivity index (χ1) is 13.3. The summed E-state index contributed by atoms with van der Waals surface area (Å²) in [5.41, 5.74) is 7.07. The van der Waals surface area contributed by atoms with E-state index in [4.69, 9.17) is 4.74 Å². The van der Waals surface area contributed by atoms with Crippen LogP contribution in [0.25, 0.3) is 10.9 Å². The minimum atomic E-state index is 0.440. The topological polar surface area (TPSA) is 31.5 Å². The maximum atomic E-state index is 5.49. The molecule has 0 radical (unpaired) electrons. The van der Waals surface area contributed by atoms with E-state index < -0.39 is 0 Å². The molecule has 5 rings (SSSR count). The van der Waals surface area contributed by atoms with Crippen molar-refractivity contribution in [1.82, 2.24) is 14.8 Å². The molecule has 0 saturated carbocycles. The number of rotatable bonds is 3. The highest BCUT2D eigenvalue weighted by Crippen LogP contribution is 2.37. The highest BCUT2D eigenvalue weighted by molar-refractivity contribution is 5.87. The number of fused-ring (bicyclic) bond motifs is 3. The molecule has 1 unspecified atom stereocenters. The van der Waals surface area contributed by atoms with E-state index in [1.165, 1.54) is 33.2 Å². The van der Waals surface area contributed by atoms with Crippen LogP contribution in [0.1, 0.15) is 28.2 Å². The average Bonchev–Trinajstić information content (AvgIpc) is 3.12. The molecule has 4 nitrogen and oxygen atoms in total. The van der Waals surface area contributed by atoms with Crippen molar-refractivity contribution < 1.29 is 4.74 Å². The van der Waals surface area contributed by atoms with Gasteiger partial charge < -0.3 is 14.6 Å². The third-order valence-electron chi connectivity index (χ3n) is 6.08. The van der Waals surface area contributed by atoms with E-state index in [0.29, 0.717) is 5.92 Å². The molecule has 1 aromatic heterocycles. The Balaban J connectivity index is 1.53. The molecule has 0 bridgehead atoms. The summed E-state index contributed by atoms with van der Waals surface area (Å²) in [7, 11) is 2.23. The van der Waals surface area contributed by atoms with Crippen LogP contribution < -0.4 is 0 Å². The van der Waals surface area contributed by atoms with Crippen molar-refractivity contribution in [2.75, 3.05) is 39.9 Å². The monoisotopic (exact) mass is 361 g/mol. The van der Waals surface area contributed by atoms with Gasteiger partial charge in [0.05, 0.1) is 18.7 Å². The van der Waals surface area contributed by atoms with E-state index in [-0.39, 0.29) is 0 Å². The van der Waals surface area contributed by atoms with Gasteiger partial charge in [-0.1, -0.05) is 42.5 Å². The summed E-state index contributed by atoms with van der Waals surface area (Å²) in [6, 6.07) is 15.6. The Hall–Kier alpha value is -2.14. The molecule has 2 aliphatic rings. The first-order valence-electron chi connectivity index (χ1n) is 9.95. The summed E-state index contributed by atoms with van der Waals surface area (Å²) in [4.78, 5) is 8.55. The van der Waals surface area contributed by atoms with Crippen LogP contribution in [0.5, 0.6) is 0 Å². The van der Waals surface area contributed by atoms with Gasteiger partial charge in [-0.15, -0.1) is 0 Å². The van der Waals surface area contributed by atoms with Gasteiger partial charge in [-0.2, -0.15) is 0 Å². The number of hydrogen-bond donors (Lipinski definition) is 1. The average molecular weight is 361 g/mol. The number of hydrogen-bond acceptors (Lipinski definition) is 3. The standard InChI is InChI=1S/C23H27N3O/c1-25-15-21(17-5-3-2-4-6-17)20-8-7-19-18(13-24-23(19)22(20)16-25)14-26-9-11-27-12-10-26/h2-8,13,21,24H,9-12,14-16H2,1H3. The summed E-state index contributed by atoms with van der Waals surface area (Å²) < 4.78 is 5.49. The molecule has 0 amide bonds. The van der Waals surface area contributed by atoms with Crippen LogP contribution in [0, 0.1) is 0 Å². The molecule has 4 heteroatoms. The number of ether oxygens (including phenoxy) is 1. The maximum Gasteiger partial charge on any atom is 0.0594 e. The lowest BCUT2D eigenvalue weighted by Gasteiger charge is -2.33. The lowest BCUT2D eigenvalue weighted by atomic mass is 9.84. The maximum absolute atomic E-state index is 5.49. The van der Waals surface area contributed by atoms with Crippen molar-refractivity contribution in [3.8, 4) is 0 Å². The Kier molecular flexibility index (Phi) is 4.48. The smallest absolute Gasteiger partial charge is 0.0594 e. The zero-order valence-electron chi connectivity index (χ0n) is 15.9. The van der Waals surface area contributed by atoms with Crippen molar-refractivity contribution >= 4 is 10.9 Å². The fourth-order valence-corrected chi connectivity index (χ4v) is 4.68. The molecule has 0 spiro atoms. The third-order valence-corrected chi connectivity index (χ3v) is 6.08. The first-order valence-corrected chi connectivity index (χ1v) is 9.95. The summed E-state index contributed by atoms with van der Waals surface area (Å²) in [5, 5.41) is 1.38. The molecule has 1 saturated heterocycles. The summed E-state index contributed by atoms with van der Waals surface area (Å²) in [6.07, 6.45) is 2.21. The molecule has 27 heavy (non-hydrogen) atoms. The zero-order chi connectivity index (χ0) is 18.2. The number of nitrogens with one attached hydrogen (secondary N) is 1. The van der Waals surface area contributed by atoms with Crippen molar-refractivity contribution in [2.45, 2.75) is 19.0 Å². The molecule has 2 aromatic carbocycles. The quantitative estimate of drug-likeness (QED) is 0.774. The second-order valence-corrected chi connectivity index (χ2v) is 7.92. The molecule has 1 atom stereocenters. The van der Waals surface area contributed by atoms with Gasteiger partial charge in [-0.25, -0.2) is 0 Å². The van der Waals surface area contributed by atoms with Gasteiger partial charge in [0.2, 0.25) is 0 Å². The van der Waals surface area contributed by atoms with Crippen LogP contribution >= 0.6 is 0 Å². The highest BCUT2D eigenvalue weighted by atomic mass is 16.5. The highest BCUT2D eigenvalue weighted by Gasteiger charge is 2.27. The normalized spacial score (nSPS) is 21.4. The van der Waals surface area contributed by atoms with Crippen LogP contribution in [0.15, 0.2) is 48.7 Å². The Morgan fingerprint density at radius 1 is 1.07 bits per heavy atom. The fraction of sp³-hybridized carbons (Fsp3) is 0.391. The van der Waals surface area contributed by atoms with Crippen molar-refractivity contribution in [2.24, 2.45) is 0 Å². The number of H-pyrrole nitrogens is 1. The Morgan fingerprint density at radius 3 is 2.70 bits per heavy atom. The van der Waals surface area contributed by atoms with Crippen LogP contribution in [0.3, 0.4) is 0 Å². The van der Waals surface area contributed by atoms with Crippen LogP contribution in [0.4, 0.5) is 0 Å². The van der Waals surface area contributed by atoms with Crippen molar-refractivity contribution in [3.63, 3.8) is 0 Å². The minimum Gasteiger partial charge on any atom is -0.379 e. The number of aromatic nitrogens is 1. The number of benzene rings is 2. The van der Waals surface area contributed by atoms with Gasteiger partial charge in [0, 0.05) is 50.2 Å². The fourth-order valence-electron chi connectivity index (χ4n) is 4.68. The van der Waals surface area contributed by atoms with E-state index in [9.17, 15) is 0 Å². The van der Waals surface area contributed by atoms with E-state index >= 15 is 0 Å². The third kappa shape index (κ3) is 3.18. The number of nitrogens with zero attached hydrogens (tertiary/aromatic N) is 2. The largest absolute Gasteiger partial charge is 0.379 e. The number of morpholine rings is 1. The molecular formula is C23H27N3O. The van der Waals surface area contributed by atoms with E-state index in [0.717, 1.165) is 45.9 Å². The van der Waals surface area contributed by atoms with E-state index in [1.54, 1.807) is 0 Å². The Labute approximate surface area is 160 Å². The molecule has 0 aliphatic carbocycles. The van der Waals surface area contributed by atoms with Crippen molar-refractivity contribution in [1.29, 1.82) is 0 Å². The second-order valence-electron chi connectivity index (χ2n) is 7.92. The predicted molar refractivity (Wildman–Crippen MR) is 109 cm³/mol. The molecule has 1 N–H and O–H groups in total. The summed E-state index contributed by atoms with van der Waals surface area (Å²) in [6.45, 7) is 6.83. The van der Waals surface area contributed by atoms with Crippen LogP contribution in [0.2, 0.25) is 0 Å². The van der Waals surface area contributed by atoms with Crippen molar-refractivity contribution in [3.05, 3.63) is 70.9 Å². The molecule has 3 heterocycles. The van der Waals surface area contributed by atoms with E-state index in [1.807, 2.05) is 0 Å². The Morgan fingerprint density at radius 2 is 1.89 bits per heavy atom. The summed E-state index contributed by atoms with van der Waals surface area (Å²) in [5.74, 6) is 0.440. The van der Waals surface area contributed by atoms with Gasteiger partial charge in [0.1, 0.15) is 0 Å². The van der Waals surface area contributed by atoms with Gasteiger partial charge in [0.15, 0.2) is 0 Å². The lowest BCUT2D eigenvalue weighted by molar-refractivity contribution is 0.0343.